The van der Waals surface area contributed by atoms with Crippen molar-refractivity contribution >= 4 is 33.0 Å². The second-order valence-electron chi connectivity index (χ2n) is 3.28. The smallest absolute Gasteiger partial charge is 0.427 e. The van der Waals surface area contributed by atoms with Crippen molar-refractivity contribution in [3.8, 4) is 10.9 Å². The lowest BCUT2D eigenvalue weighted by Crippen LogP contribution is -2.03. The third-order valence-electron chi connectivity index (χ3n) is 1.90. The molecule has 1 aromatic heterocycles. The minimum absolute atomic E-state index is 0.0528. The van der Waals surface area contributed by atoms with Crippen LogP contribution in [0.1, 0.15) is 5.01 Å². The molecule has 0 saturated heterocycles. The van der Waals surface area contributed by atoms with Gasteiger partial charge >= 0.3 is 6.18 Å². The van der Waals surface area contributed by atoms with E-state index in [0.29, 0.717) is 0 Å². The Morgan fingerprint density at radius 1 is 1.26 bits per heavy atom. The number of alkyl halides is 3. The maximum Gasteiger partial charge on any atom is 0.445 e. The monoisotopic (exact) mass is 357 g/mol. The van der Waals surface area contributed by atoms with Crippen LogP contribution in [0.5, 0.6) is 10.9 Å². The molecule has 0 spiro atoms. The zero-order valence-electron chi connectivity index (χ0n) is 8.83. The third-order valence-corrected chi connectivity index (χ3v) is 3.35. The molecule has 0 aliphatic carbocycles. The van der Waals surface area contributed by atoms with Crippen molar-refractivity contribution in [1.29, 1.82) is 0 Å². The lowest BCUT2D eigenvalue weighted by atomic mass is 10.3. The first-order valence-electron chi connectivity index (χ1n) is 4.60. The summed E-state index contributed by atoms with van der Waals surface area (Å²) in [5.74, 6) is -0.796. The molecule has 0 amide bonds. The van der Waals surface area contributed by atoms with Crippen LogP contribution in [0.25, 0.3) is 0 Å². The number of nitrogens with zero attached hydrogens (tertiary/aromatic N) is 2. The summed E-state index contributed by atoms with van der Waals surface area (Å²) in [5, 5.41) is 4.61. The molecule has 0 unspecified atom stereocenters. The fraction of sp³-hybridized carbons (Fsp3) is 0.111. The van der Waals surface area contributed by atoms with Crippen molar-refractivity contribution in [3.05, 3.63) is 27.4 Å². The fourth-order valence-electron chi connectivity index (χ4n) is 1.09. The van der Waals surface area contributed by atoms with Gasteiger partial charge in [-0.05, 0) is 22.0 Å². The Morgan fingerprint density at radius 3 is 2.53 bits per heavy atom. The summed E-state index contributed by atoms with van der Waals surface area (Å²) in [6.07, 6.45) is -4.60. The van der Waals surface area contributed by atoms with E-state index in [2.05, 4.69) is 26.1 Å². The zero-order chi connectivity index (χ0) is 14.2. The molecular weight excluding hydrogens is 354 g/mol. The van der Waals surface area contributed by atoms with Gasteiger partial charge in [-0.1, -0.05) is 16.4 Å². The number of rotatable bonds is 2. The molecule has 0 aliphatic heterocycles. The average Bonchev–Trinajstić information content (AvgIpc) is 2.74. The largest absolute Gasteiger partial charge is 0.445 e. The van der Waals surface area contributed by atoms with E-state index in [-0.39, 0.29) is 32.4 Å². The van der Waals surface area contributed by atoms with Crippen LogP contribution in [-0.4, -0.2) is 10.2 Å². The summed E-state index contributed by atoms with van der Waals surface area (Å²) in [6, 6.07) is 2.17. The number of ether oxygens (including phenoxy) is 1. The summed E-state index contributed by atoms with van der Waals surface area (Å²) in [6.45, 7) is 0. The Labute approximate surface area is 116 Å². The average molecular weight is 358 g/mol. The van der Waals surface area contributed by atoms with Crippen LogP contribution in [0.4, 0.5) is 23.2 Å². The molecular formula is C9H4BrF4N3OS. The predicted octanol–water partition coefficient (Wildman–Crippen LogP) is 3.83. The second-order valence-corrected chi connectivity index (χ2v) is 5.07. The van der Waals surface area contributed by atoms with Crippen molar-refractivity contribution in [2.75, 3.05) is 5.73 Å². The molecule has 0 fully saturated rings. The van der Waals surface area contributed by atoms with Crippen molar-refractivity contribution in [2.45, 2.75) is 6.18 Å². The third kappa shape index (κ3) is 3.13. The maximum atomic E-state index is 13.3. The van der Waals surface area contributed by atoms with Gasteiger partial charge in [-0.15, -0.1) is 5.10 Å². The summed E-state index contributed by atoms with van der Waals surface area (Å²) in [5.41, 5.74) is 5.60. The van der Waals surface area contributed by atoms with Crippen LogP contribution in [0.2, 0.25) is 0 Å². The molecule has 2 N–H and O–H groups in total. The number of aromatic nitrogens is 2. The zero-order valence-corrected chi connectivity index (χ0v) is 11.2. The molecule has 0 atom stereocenters. The Hall–Kier alpha value is -1.42. The van der Waals surface area contributed by atoms with Crippen LogP contribution < -0.4 is 10.5 Å². The molecule has 2 aromatic rings. The molecule has 102 valence electrons. The quantitative estimate of drug-likeness (QED) is 0.655. The highest BCUT2D eigenvalue weighted by Crippen LogP contribution is 2.37. The molecule has 1 heterocycles. The Balaban J connectivity index is 2.27. The number of halogens is 5. The van der Waals surface area contributed by atoms with Gasteiger partial charge in [0.2, 0.25) is 5.01 Å². The van der Waals surface area contributed by atoms with E-state index < -0.39 is 17.0 Å². The minimum atomic E-state index is -4.60. The topological polar surface area (TPSA) is 61.0 Å². The summed E-state index contributed by atoms with van der Waals surface area (Å²) >= 11 is 3.11. The highest BCUT2D eigenvalue weighted by atomic mass is 79.9. The number of benzene rings is 1. The van der Waals surface area contributed by atoms with Gasteiger partial charge in [-0.25, -0.2) is 4.39 Å². The fourth-order valence-corrected chi connectivity index (χ4v) is 2.03. The van der Waals surface area contributed by atoms with Crippen LogP contribution in [0, 0.1) is 5.82 Å². The first kappa shape index (κ1) is 14.0. The van der Waals surface area contributed by atoms with E-state index >= 15 is 0 Å². The number of nitrogens with two attached hydrogens (primary N) is 1. The van der Waals surface area contributed by atoms with E-state index in [4.69, 9.17) is 10.5 Å². The molecule has 1 aromatic carbocycles. The van der Waals surface area contributed by atoms with Gasteiger partial charge in [0.05, 0.1) is 10.2 Å². The molecule has 0 saturated carbocycles. The lowest BCUT2D eigenvalue weighted by Gasteiger charge is -2.06. The van der Waals surface area contributed by atoms with E-state index in [1.165, 1.54) is 6.07 Å². The normalized spacial score (nSPS) is 11.6. The summed E-state index contributed by atoms with van der Waals surface area (Å²) < 4.78 is 55.3. The van der Waals surface area contributed by atoms with Crippen molar-refractivity contribution < 1.29 is 22.3 Å². The summed E-state index contributed by atoms with van der Waals surface area (Å²) in [4.78, 5) is 0. The Bertz CT molecular complexity index is 616. The SMILES string of the molecule is Nc1cc(Br)c(F)cc1Oc1nnc(C(F)(F)F)s1. The molecule has 0 aliphatic rings. The summed E-state index contributed by atoms with van der Waals surface area (Å²) in [7, 11) is 0. The second kappa shape index (κ2) is 4.93. The number of nitrogen functional groups attached to an aromatic ring is 1. The highest BCUT2D eigenvalue weighted by molar-refractivity contribution is 9.10. The van der Waals surface area contributed by atoms with Crippen LogP contribution in [-0.2, 0) is 6.18 Å². The van der Waals surface area contributed by atoms with Crippen LogP contribution in [0.15, 0.2) is 16.6 Å². The molecule has 2 rings (SSSR count). The highest BCUT2D eigenvalue weighted by Gasteiger charge is 2.36. The minimum Gasteiger partial charge on any atom is -0.427 e. The van der Waals surface area contributed by atoms with Crippen molar-refractivity contribution in [2.24, 2.45) is 0 Å². The van der Waals surface area contributed by atoms with Crippen LogP contribution in [0.3, 0.4) is 0 Å². The molecule has 19 heavy (non-hydrogen) atoms. The van der Waals surface area contributed by atoms with Crippen LogP contribution >= 0.6 is 27.3 Å². The van der Waals surface area contributed by atoms with Gasteiger partial charge in [-0.3, -0.25) is 0 Å². The molecule has 4 nitrogen and oxygen atoms in total. The number of hydrogen-bond donors (Lipinski definition) is 1. The van der Waals surface area contributed by atoms with Gasteiger partial charge in [0.1, 0.15) is 5.82 Å². The number of hydrogen-bond acceptors (Lipinski definition) is 5. The van der Waals surface area contributed by atoms with E-state index in [1.54, 1.807) is 0 Å². The maximum absolute atomic E-state index is 13.3. The van der Waals surface area contributed by atoms with E-state index in [9.17, 15) is 17.6 Å². The van der Waals surface area contributed by atoms with Gasteiger partial charge in [-0.2, -0.15) is 13.2 Å². The van der Waals surface area contributed by atoms with Gasteiger partial charge in [0, 0.05) is 6.07 Å². The molecule has 0 radical (unpaired) electrons. The predicted molar refractivity (Wildman–Crippen MR) is 63.5 cm³/mol. The van der Waals surface area contributed by atoms with Gasteiger partial charge < -0.3 is 10.5 Å². The van der Waals surface area contributed by atoms with E-state index in [0.717, 1.165) is 6.07 Å². The Kier molecular flexibility index (Phi) is 3.63. The lowest BCUT2D eigenvalue weighted by molar-refractivity contribution is -0.138. The Morgan fingerprint density at radius 2 is 1.95 bits per heavy atom. The molecule has 0 bridgehead atoms. The first-order chi connectivity index (χ1) is 8.77. The van der Waals surface area contributed by atoms with Gasteiger partial charge in [0.15, 0.2) is 5.75 Å². The van der Waals surface area contributed by atoms with Crippen molar-refractivity contribution in [1.82, 2.24) is 10.2 Å². The molecule has 10 heteroatoms. The van der Waals surface area contributed by atoms with Gasteiger partial charge in [0.25, 0.3) is 5.19 Å². The number of anilines is 1. The standard InChI is InChI=1S/C9H4BrF4N3OS/c10-3-1-5(15)6(2-4(3)11)18-8-17-16-7(19-8)9(12,13)14/h1-2H,15H2. The first-order valence-corrected chi connectivity index (χ1v) is 6.21. The van der Waals surface area contributed by atoms with E-state index in [1.807, 2.05) is 0 Å². The van der Waals surface area contributed by atoms with Crippen molar-refractivity contribution in [3.63, 3.8) is 0 Å².